The molecule has 264 valence electrons. The highest BCUT2D eigenvalue weighted by molar-refractivity contribution is 5.80. The zero-order valence-corrected chi connectivity index (χ0v) is 29.8. The standard InChI is InChI=1S/C39H79NO4/c1-3-5-7-9-11-13-15-16-17-18-19-20-21-22-23-24-26-28-30-32-34-38(43)39(44)40-36(35-41)37(42)33-31-29-27-25-14-12-10-8-6-4-2/h36-38,41-43H,3-35H2,1-2H3,(H,40,44). The number of hydrogen-bond donors (Lipinski definition) is 4. The maximum absolute atomic E-state index is 12.4. The smallest absolute Gasteiger partial charge is 0.249 e. The molecule has 0 saturated heterocycles. The minimum Gasteiger partial charge on any atom is -0.394 e. The highest BCUT2D eigenvalue weighted by Gasteiger charge is 2.23. The highest BCUT2D eigenvalue weighted by atomic mass is 16.3. The van der Waals surface area contributed by atoms with Gasteiger partial charge in [0.05, 0.1) is 18.8 Å². The summed E-state index contributed by atoms with van der Waals surface area (Å²) in [4.78, 5) is 12.4. The molecule has 0 spiro atoms. The van der Waals surface area contributed by atoms with E-state index < -0.39 is 24.2 Å². The van der Waals surface area contributed by atoms with Crippen molar-refractivity contribution in [1.29, 1.82) is 0 Å². The summed E-state index contributed by atoms with van der Waals surface area (Å²) in [5, 5.41) is 33.1. The number of carbonyl (C=O) groups is 1. The van der Waals surface area contributed by atoms with Crippen molar-refractivity contribution in [3.63, 3.8) is 0 Å². The van der Waals surface area contributed by atoms with Crippen LogP contribution >= 0.6 is 0 Å². The fourth-order valence-corrected chi connectivity index (χ4v) is 6.31. The lowest BCUT2D eigenvalue weighted by Crippen LogP contribution is -2.49. The Morgan fingerprint density at radius 2 is 0.727 bits per heavy atom. The molecule has 0 aliphatic carbocycles. The minimum absolute atomic E-state index is 0.309. The normalized spacial score (nSPS) is 13.7. The molecule has 0 aromatic carbocycles. The molecule has 0 fully saturated rings. The summed E-state index contributed by atoms with van der Waals surface area (Å²) in [6.07, 6.45) is 38.1. The van der Waals surface area contributed by atoms with Gasteiger partial charge in [-0.25, -0.2) is 0 Å². The Morgan fingerprint density at radius 3 is 1.02 bits per heavy atom. The van der Waals surface area contributed by atoms with Crippen LogP contribution in [0, 0.1) is 0 Å². The Hall–Kier alpha value is -0.650. The molecule has 0 radical (unpaired) electrons. The summed E-state index contributed by atoms with van der Waals surface area (Å²) in [5.41, 5.74) is 0. The molecule has 0 rings (SSSR count). The number of nitrogens with one attached hydrogen (secondary N) is 1. The molecule has 0 aromatic heterocycles. The average Bonchev–Trinajstić information content (AvgIpc) is 3.03. The Balaban J connectivity index is 3.57. The number of aliphatic hydroxyl groups excluding tert-OH is 3. The minimum atomic E-state index is -1.07. The predicted molar refractivity (Wildman–Crippen MR) is 190 cm³/mol. The maximum Gasteiger partial charge on any atom is 0.249 e. The van der Waals surface area contributed by atoms with E-state index in [1.54, 1.807) is 0 Å². The number of carbonyl (C=O) groups excluding carboxylic acids is 1. The second-order valence-electron chi connectivity index (χ2n) is 13.9. The van der Waals surface area contributed by atoms with E-state index in [9.17, 15) is 20.1 Å². The summed E-state index contributed by atoms with van der Waals surface area (Å²) in [7, 11) is 0. The predicted octanol–water partition coefficient (Wildman–Crippen LogP) is 10.7. The largest absolute Gasteiger partial charge is 0.394 e. The highest BCUT2D eigenvalue weighted by Crippen LogP contribution is 2.16. The van der Waals surface area contributed by atoms with Crippen molar-refractivity contribution in [2.45, 2.75) is 238 Å². The number of amides is 1. The van der Waals surface area contributed by atoms with Crippen LogP contribution in [0.1, 0.15) is 219 Å². The first-order valence-corrected chi connectivity index (χ1v) is 19.8. The van der Waals surface area contributed by atoms with Crippen molar-refractivity contribution in [3.8, 4) is 0 Å². The third-order valence-corrected chi connectivity index (χ3v) is 9.48. The van der Waals surface area contributed by atoms with Crippen molar-refractivity contribution in [2.24, 2.45) is 0 Å². The lowest BCUT2D eigenvalue weighted by molar-refractivity contribution is -0.131. The van der Waals surface area contributed by atoms with Crippen LogP contribution in [0.5, 0.6) is 0 Å². The van der Waals surface area contributed by atoms with Gasteiger partial charge in [-0.05, 0) is 12.8 Å². The van der Waals surface area contributed by atoms with Crippen LogP contribution in [-0.4, -0.2) is 46.1 Å². The van der Waals surface area contributed by atoms with E-state index in [0.29, 0.717) is 12.8 Å². The summed E-state index contributed by atoms with van der Waals surface area (Å²) in [6, 6.07) is -0.703. The van der Waals surface area contributed by atoms with Crippen molar-refractivity contribution in [2.75, 3.05) is 6.61 Å². The van der Waals surface area contributed by atoms with E-state index in [1.807, 2.05) is 0 Å². The van der Waals surface area contributed by atoms with Crippen LogP contribution in [0.15, 0.2) is 0 Å². The molecule has 5 nitrogen and oxygen atoms in total. The summed E-state index contributed by atoms with van der Waals surface area (Å²) in [6.45, 7) is 4.22. The van der Waals surface area contributed by atoms with Gasteiger partial charge in [0.1, 0.15) is 6.10 Å². The molecule has 3 unspecified atom stereocenters. The second-order valence-corrected chi connectivity index (χ2v) is 13.9. The van der Waals surface area contributed by atoms with Crippen molar-refractivity contribution >= 4 is 5.91 Å². The molecule has 0 bridgehead atoms. The zero-order valence-electron chi connectivity index (χ0n) is 29.8. The van der Waals surface area contributed by atoms with Gasteiger partial charge in [-0.1, -0.05) is 206 Å². The Labute approximate surface area is 275 Å². The van der Waals surface area contributed by atoms with Crippen LogP contribution < -0.4 is 5.32 Å². The molecule has 0 saturated carbocycles. The summed E-state index contributed by atoms with van der Waals surface area (Å²) >= 11 is 0. The van der Waals surface area contributed by atoms with E-state index in [2.05, 4.69) is 19.2 Å². The average molecular weight is 626 g/mol. The number of hydrogen-bond acceptors (Lipinski definition) is 4. The summed E-state index contributed by atoms with van der Waals surface area (Å²) in [5.74, 6) is -0.469. The molecule has 0 aliphatic heterocycles. The number of rotatable bonds is 36. The van der Waals surface area contributed by atoms with E-state index in [0.717, 1.165) is 32.1 Å². The van der Waals surface area contributed by atoms with Crippen LogP contribution in [-0.2, 0) is 4.79 Å². The quantitative estimate of drug-likeness (QED) is 0.0521. The second kappa shape index (κ2) is 35.2. The number of aliphatic hydroxyl groups is 3. The summed E-state index contributed by atoms with van der Waals surface area (Å²) < 4.78 is 0. The van der Waals surface area contributed by atoms with Gasteiger partial charge in [-0.15, -0.1) is 0 Å². The molecule has 0 heterocycles. The van der Waals surface area contributed by atoms with Gasteiger partial charge in [0.2, 0.25) is 5.91 Å². The molecule has 4 N–H and O–H groups in total. The fourth-order valence-electron chi connectivity index (χ4n) is 6.31. The molecule has 5 heteroatoms. The number of unbranched alkanes of at least 4 members (excludes halogenated alkanes) is 28. The fraction of sp³-hybridized carbons (Fsp3) is 0.974. The van der Waals surface area contributed by atoms with Gasteiger partial charge in [0.15, 0.2) is 0 Å². The first-order valence-electron chi connectivity index (χ1n) is 19.8. The van der Waals surface area contributed by atoms with Gasteiger partial charge in [0, 0.05) is 0 Å². The lowest BCUT2D eigenvalue weighted by atomic mass is 10.0. The SMILES string of the molecule is CCCCCCCCCCCCCCCCCCCCCCC(O)C(=O)NC(CO)C(O)CCCCCCCCCCCC. The van der Waals surface area contributed by atoms with Crippen molar-refractivity contribution in [1.82, 2.24) is 5.32 Å². The molecule has 1 amide bonds. The van der Waals surface area contributed by atoms with Crippen LogP contribution in [0.4, 0.5) is 0 Å². The Morgan fingerprint density at radius 1 is 0.455 bits per heavy atom. The van der Waals surface area contributed by atoms with Gasteiger partial charge >= 0.3 is 0 Å². The van der Waals surface area contributed by atoms with Crippen molar-refractivity contribution < 1.29 is 20.1 Å². The zero-order chi connectivity index (χ0) is 32.4. The Bertz CT molecular complexity index is 572. The molecule has 0 aliphatic rings. The molecule has 44 heavy (non-hydrogen) atoms. The van der Waals surface area contributed by atoms with Crippen LogP contribution in [0.25, 0.3) is 0 Å². The molecular formula is C39H79NO4. The third-order valence-electron chi connectivity index (χ3n) is 9.48. The third kappa shape index (κ3) is 30.0. The van der Waals surface area contributed by atoms with Gasteiger partial charge in [-0.3, -0.25) is 4.79 Å². The van der Waals surface area contributed by atoms with E-state index in [4.69, 9.17) is 0 Å². The monoisotopic (exact) mass is 626 g/mol. The van der Waals surface area contributed by atoms with Gasteiger partial charge < -0.3 is 20.6 Å². The van der Waals surface area contributed by atoms with E-state index >= 15 is 0 Å². The molecular weight excluding hydrogens is 546 g/mol. The molecule has 0 aromatic rings. The first-order chi connectivity index (χ1) is 21.6. The first kappa shape index (κ1) is 43.4. The van der Waals surface area contributed by atoms with Gasteiger partial charge in [0.25, 0.3) is 0 Å². The van der Waals surface area contributed by atoms with Gasteiger partial charge in [-0.2, -0.15) is 0 Å². The topological polar surface area (TPSA) is 89.8 Å². The van der Waals surface area contributed by atoms with Crippen LogP contribution in [0.2, 0.25) is 0 Å². The maximum atomic E-state index is 12.4. The van der Waals surface area contributed by atoms with E-state index in [1.165, 1.54) is 161 Å². The van der Waals surface area contributed by atoms with Crippen molar-refractivity contribution in [3.05, 3.63) is 0 Å². The van der Waals surface area contributed by atoms with E-state index in [-0.39, 0.29) is 6.61 Å². The van der Waals surface area contributed by atoms with Crippen LogP contribution in [0.3, 0.4) is 0 Å². The molecule has 3 atom stereocenters. The Kier molecular flexibility index (Phi) is 34.7. The lowest BCUT2D eigenvalue weighted by Gasteiger charge is -2.23.